The fourth-order valence-corrected chi connectivity index (χ4v) is 12.9. The van der Waals surface area contributed by atoms with E-state index in [1.54, 1.807) is 0 Å². The molecule has 0 saturated carbocycles. The van der Waals surface area contributed by atoms with E-state index < -0.39 is 5.41 Å². The molecule has 1 spiro atoms. The van der Waals surface area contributed by atoms with E-state index >= 15 is 0 Å². The van der Waals surface area contributed by atoms with Gasteiger partial charge in [-0.1, -0.05) is 220 Å². The summed E-state index contributed by atoms with van der Waals surface area (Å²) in [5.74, 6) is 0.818. The largest absolute Gasteiger partial charge is 0.310 e. The van der Waals surface area contributed by atoms with Crippen LogP contribution in [0, 0.1) is 11.8 Å². The summed E-state index contributed by atoms with van der Waals surface area (Å²) in [6.45, 7) is 4.73. The molecule has 0 heterocycles. The van der Waals surface area contributed by atoms with E-state index in [1.807, 2.05) is 0 Å². The SMILES string of the molecule is CC1C=Cc2c(c3cc(N(C4=CCC(C)C(c5ccccc5)=C4)c4cc5c(cc4-c4ccc(-c6ccccc6)cc4)-c4ccccc4C54c5ccccc5-c5ccccc54)ccc3c3ccccc23)C1. The first-order valence-corrected chi connectivity index (χ1v) is 25.1. The summed E-state index contributed by atoms with van der Waals surface area (Å²) in [5.41, 5.74) is 23.9. The Morgan fingerprint density at radius 1 is 0.443 bits per heavy atom. The molecule has 0 fully saturated rings. The van der Waals surface area contributed by atoms with E-state index in [-0.39, 0.29) is 0 Å². The Morgan fingerprint density at radius 3 is 1.69 bits per heavy atom. The highest BCUT2D eigenvalue weighted by Crippen LogP contribution is 2.64. The minimum Gasteiger partial charge on any atom is -0.310 e. The second kappa shape index (κ2) is 15.9. The molecular formula is C69H51N. The average molecular weight is 894 g/mol. The molecule has 0 amide bonds. The molecule has 10 aromatic carbocycles. The first-order valence-electron chi connectivity index (χ1n) is 25.1. The van der Waals surface area contributed by atoms with Gasteiger partial charge in [-0.05, 0) is 160 Å². The number of hydrogen-bond acceptors (Lipinski definition) is 1. The van der Waals surface area contributed by atoms with Gasteiger partial charge < -0.3 is 4.90 Å². The molecule has 1 heteroatoms. The Balaban J connectivity index is 1.09. The second-order valence-electron chi connectivity index (χ2n) is 20.0. The minimum absolute atomic E-state index is 0.366. The number of anilines is 2. The Kier molecular flexibility index (Phi) is 9.27. The third-order valence-corrected chi connectivity index (χ3v) is 16.1. The second-order valence-corrected chi connectivity index (χ2v) is 20.0. The van der Waals surface area contributed by atoms with Crippen LogP contribution in [-0.2, 0) is 11.8 Å². The maximum Gasteiger partial charge on any atom is 0.0726 e. The van der Waals surface area contributed by atoms with Crippen molar-refractivity contribution in [3.8, 4) is 44.5 Å². The van der Waals surface area contributed by atoms with Crippen LogP contribution < -0.4 is 4.90 Å². The quantitative estimate of drug-likeness (QED) is 0.150. The van der Waals surface area contributed by atoms with E-state index in [0.717, 1.165) is 18.5 Å². The highest BCUT2D eigenvalue weighted by molar-refractivity contribution is 6.14. The lowest BCUT2D eigenvalue weighted by Gasteiger charge is -2.35. The lowest BCUT2D eigenvalue weighted by atomic mass is 9.70. The van der Waals surface area contributed by atoms with Gasteiger partial charge in [0.2, 0.25) is 0 Å². The number of allylic oxidation sites excluding steroid dienone is 4. The fourth-order valence-electron chi connectivity index (χ4n) is 12.9. The summed E-state index contributed by atoms with van der Waals surface area (Å²) in [5, 5.41) is 5.29. The van der Waals surface area contributed by atoms with Crippen LogP contribution in [0.1, 0.15) is 59.2 Å². The average Bonchev–Trinajstić information content (AvgIpc) is 3.89. The molecule has 0 bridgehead atoms. The van der Waals surface area contributed by atoms with Crippen molar-refractivity contribution < 1.29 is 0 Å². The van der Waals surface area contributed by atoms with Gasteiger partial charge >= 0.3 is 0 Å². The molecule has 0 N–H and O–H groups in total. The number of rotatable bonds is 6. The van der Waals surface area contributed by atoms with Crippen molar-refractivity contribution in [1.82, 2.24) is 0 Å². The van der Waals surface area contributed by atoms with Crippen LogP contribution in [0.25, 0.3) is 77.7 Å². The standard InChI is InChI=1S/C69H51N/c1-44-29-37-54-52-21-9-10-22-53(52)55-38-36-51(41-62(55)61(54)39-44)70(50-35-30-45(2)59(40-50)48-19-7-4-8-20-48)68-43-67-63(42-60(68)49-33-31-47(32-34-49)46-17-5-3-6-18-46)58-25-13-16-28-66(58)69(67)64-26-14-11-23-56(64)57-24-12-15-27-65(57)69/h3-29,31-38,40-45H,30,39H2,1-2H3. The molecule has 2 unspecified atom stereocenters. The molecule has 4 aliphatic carbocycles. The first-order chi connectivity index (χ1) is 34.5. The zero-order chi connectivity index (χ0) is 46.5. The molecule has 1 nitrogen and oxygen atoms in total. The summed E-state index contributed by atoms with van der Waals surface area (Å²) in [6.07, 6.45) is 11.7. The highest BCUT2D eigenvalue weighted by Gasteiger charge is 2.52. The molecule has 70 heavy (non-hydrogen) atoms. The van der Waals surface area contributed by atoms with Crippen molar-refractivity contribution >= 4 is 44.6 Å². The summed E-state index contributed by atoms with van der Waals surface area (Å²) in [6, 6.07) is 80.2. The molecule has 0 aromatic heterocycles. The molecule has 10 aromatic rings. The van der Waals surface area contributed by atoms with Crippen molar-refractivity contribution in [2.24, 2.45) is 11.8 Å². The van der Waals surface area contributed by atoms with E-state index in [0.29, 0.717) is 11.8 Å². The van der Waals surface area contributed by atoms with Crippen molar-refractivity contribution in [3.05, 3.63) is 275 Å². The van der Waals surface area contributed by atoms with Crippen molar-refractivity contribution in [3.63, 3.8) is 0 Å². The van der Waals surface area contributed by atoms with Crippen LogP contribution in [0.15, 0.2) is 236 Å². The molecule has 332 valence electrons. The topological polar surface area (TPSA) is 3.24 Å². The summed E-state index contributed by atoms with van der Waals surface area (Å²) < 4.78 is 0. The van der Waals surface area contributed by atoms with Crippen molar-refractivity contribution in [2.45, 2.75) is 32.1 Å². The predicted octanol–water partition coefficient (Wildman–Crippen LogP) is 18.0. The van der Waals surface area contributed by atoms with Crippen LogP contribution in [0.4, 0.5) is 11.4 Å². The lowest BCUT2D eigenvalue weighted by Crippen LogP contribution is -2.26. The number of hydrogen-bond donors (Lipinski definition) is 0. The molecule has 14 rings (SSSR count). The van der Waals surface area contributed by atoms with Crippen molar-refractivity contribution in [2.75, 3.05) is 4.90 Å². The van der Waals surface area contributed by atoms with Crippen LogP contribution in [0.2, 0.25) is 0 Å². The third-order valence-electron chi connectivity index (χ3n) is 16.1. The smallest absolute Gasteiger partial charge is 0.0726 e. The van der Waals surface area contributed by atoms with Gasteiger partial charge in [0.05, 0.1) is 11.1 Å². The van der Waals surface area contributed by atoms with Gasteiger partial charge in [-0.2, -0.15) is 0 Å². The Labute approximate surface area is 411 Å². The molecule has 0 aliphatic heterocycles. The molecular weight excluding hydrogens is 843 g/mol. The Hall–Kier alpha value is -8.26. The predicted molar refractivity (Wildman–Crippen MR) is 295 cm³/mol. The van der Waals surface area contributed by atoms with Crippen LogP contribution in [0.5, 0.6) is 0 Å². The van der Waals surface area contributed by atoms with Gasteiger partial charge in [-0.3, -0.25) is 0 Å². The van der Waals surface area contributed by atoms with Crippen molar-refractivity contribution in [1.29, 1.82) is 0 Å². The normalized spacial score (nSPS) is 16.8. The molecule has 0 radical (unpaired) electrons. The highest BCUT2D eigenvalue weighted by atomic mass is 15.2. The first kappa shape index (κ1) is 40.8. The Morgan fingerprint density at radius 2 is 1.00 bits per heavy atom. The summed E-state index contributed by atoms with van der Waals surface area (Å²) in [4.78, 5) is 2.63. The fraction of sp³-hybridized carbons (Fsp3) is 0.101. The van der Waals surface area contributed by atoms with E-state index in [2.05, 4.69) is 255 Å². The maximum absolute atomic E-state index is 2.63. The van der Waals surface area contributed by atoms with Gasteiger partial charge in [0.25, 0.3) is 0 Å². The Bertz CT molecular complexity index is 3800. The van der Waals surface area contributed by atoms with Gasteiger partial charge in [0.15, 0.2) is 0 Å². The van der Waals surface area contributed by atoms with Gasteiger partial charge in [0, 0.05) is 16.9 Å². The van der Waals surface area contributed by atoms with Gasteiger partial charge in [0.1, 0.15) is 0 Å². The third kappa shape index (κ3) is 6.04. The molecule has 2 atom stereocenters. The summed E-state index contributed by atoms with van der Waals surface area (Å²) >= 11 is 0. The zero-order valence-corrected chi connectivity index (χ0v) is 39.5. The summed E-state index contributed by atoms with van der Waals surface area (Å²) in [7, 11) is 0. The monoisotopic (exact) mass is 893 g/mol. The van der Waals surface area contributed by atoms with E-state index in [4.69, 9.17) is 0 Å². The van der Waals surface area contributed by atoms with E-state index in [9.17, 15) is 0 Å². The number of benzene rings is 10. The minimum atomic E-state index is -0.500. The number of fused-ring (bicyclic) bond motifs is 16. The molecule has 0 saturated heterocycles. The zero-order valence-electron chi connectivity index (χ0n) is 39.5. The van der Waals surface area contributed by atoms with Gasteiger partial charge in [-0.15, -0.1) is 0 Å². The van der Waals surface area contributed by atoms with Crippen LogP contribution >= 0.6 is 0 Å². The maximum atomic E-state index is 2.63. The number of nitrogens with zero attached hydrogens (tertiary/aromatic N) is 1. The van der Waals surface area contributed by atoms with Crippen LogP contribution in [0.3, 0.4) is 0 Å². The van der Waals surface area contributed by atoms with Gasteiger partial charge in [-0.25, -0.2) is 0 Å². The lowest BCUT2D eigenvalue weighted by molar-refractivity contribution is 0.722. The van der Waals surface area contributed by atoms with Crippen LogP contribution in [-0.4, -0.2) is 0 Å². The van der Waals surface area contributed by atoms with E-state index in [1.165, 1.54) is 122 Å². The molecule has 4 aliphatic rings.